The third-order valence-electron chi connectivity index (χ3n) is 6.28. The van der Waals surface area contributed by atoms with Crippen LogP contribution in [0.4, 0.5) is 0 Å². The highest BCUT2D eigenvalue weighted by Gasteiger charge is 2.29. The average Bonchev–Trinajstić information content (AvgIpc) is 3.44. The van der Waals surface area contributed by atoms with Gasteiger partial charge in [0.05, 0.1) is 25.0 Å². The summed E-state index contributed by atoms with van der Waals surface area (Å²) in [6.07, 6.45) is 2.47. The van der Waals surface area contributed by atoms with Crippen LogP contribution in [0.5, 0.6) is 5.75 Å². The van der Waals surface area contributed by atoms with Crippen LogP contribution in [-0.4, -0.2) is 44.6 Å². The number of rotatable bonds is 7. The van der Waals surface area contributed by atoms with Crippen LogP contribution in [-0.2, 0) is 11.2 Å². The molecule has 1 amide bonds. The number of carbonyl (C=O) groups is 1. The van der Waals surface area contributed by atoms with Gasteiger partial charge < -0.3 is 10.1 Å². The molecule has 2 aromatic carbocycles. The van der Waals surface area contributed by atoms with Gasteiger partial charge >= 0.3 is 0 Å². The van der Waals surface area contributed by atoms with E-state index in [0.29, 0.717) is 34.9 Å². The minimum atomic E-state index is -0.241. The van der Waals surface area contributed by atoms with Gasteiger partial charge in [-0.1, -0.05) is 47.7 Å². The summed E-state index contributed by atoms with van der Waals surface area (Å²) in [4.78, 5) is 30.8. The Morgan fingerprint density at radius 1 is 1.23 bits per heavy atom. The standard InChI is InChI=1S/C26H27N5O3S/c1-16-8-9-21(17(2)12-16)31-24-20(14-28-31)25(33)30-19(15-35-26(30)29-24)13-23(32)27-11-10-18-6-4-5-7-22(18)34-3/h4-9,12,14,19H,10-11,13,15H2,1-3H3,(H,27,32). The normalized spacial score (nSPS) is 14.8. The number of amides is 1. The van der Waals surface area contributed by atoms with Gasteiger partial charge in [-0.15, -0.1) is 0 Å². The fourth-order valence-corrected chi connectivity index (χ4v) is 5.66. The Hall–Kier alpha value is -3.59. The van der Waals surface area contributed by atoms with Crippen LogP contribution >= 0.6 is 11.8 Å². The average molecular weight is 490 g/mol. The van der Waals surface area contributed by atoms with Gasteiger partial charge in [0.25, 0.3) is 5.56 Å². The number of methoxy groups -OCH3 is 1. The lowest BCUT2D eigenvalue weighted by Gasteiger charge is -2.14. The van der Waals surface area contributed by atoms with Gasteiger partial charge in [-0.05, 0) is 43.5 Å². The van der Waals surface area contributed by atoms with E-state index in [-0.39, 0.29) is 23.9 Å². The molecule has 0 radical (unpaired) electrons. The zero-order valence-corrected chi connectivity index (χ0v) is 20.8. The van der Waals surface area contributed by atoms with E-state index in [4.69, 9.17) is 9.72 Å². The van der Waals surface area contributed by atoms with E-state index >= 15 is 0 Å². The maximum atomic E-state index is 13.4. The predicted octanol–water partition coefficient (Wildman–Crippen LogP) is 3.60. The molecule has 0 saturated carbocycles. The molecule has 5 rings (SSSR count). The van der Waals surface area contributed by atoms with Crippen LogP contribution in [0.15, 0.2) is 58.6 Å². The van der Waals surface area contributed by atoms with Gasteiger partial charge in [0.1, 0.15) is 11.1 Å². The summed E-state index contributed by atoms with van der Waals surface area (Å²) in [5, 5.41) is 8.53. The van der Waals surface area contributed by atoms with E-state index in [1.165, 1.54) is 11.8 Å². The number of carbonyl (C=O) groups excluding carboxylic acids is 1. The first-order valence-electron chi connectivity index (χ1n) is 11.6. The van der Waals surface area contributed by atoms with Crippen LogP contribution in [0.1, 0.15) is 29.2 Å². The Labute approximate surface area is 207 Å². The maximum absolute atomic E-state index is 13.4. The van der Waals surface area contributed by atoms with Crippen molar-refractivity contribution in [2.24, 2.45) is 0 Å². The van der Waals surface area contributed by atoms with Crippen molar-refractivity contribution in [1.29, 1.82) is 0 Å². The quantitative estimate of drug-likeness (QED) is 0.399. The minimum Gasteiger partial charge on any atom is -0.496 e. The van der Waals surface area contributed by atoms with Crippen LogP contribution in [0.2, 0.25) is 0 Å². The van der Waals surface area contributed by atoms with Gasteiger partial charge in [0.15, 0.2) is 10.8 Å². The summed E-state index contributed by atoms with van der Waals surface area (Å²) in [5.74, 6) is 1.35. The molecular formula is C26H27N5O3S. The lowest BCUT2D eigenvalue weighted by molar-refractivity contribution is -0.121. The molecule has 9 heteroatoms. The fourth-order valence-electron chi connectivity index (χ4n) is 4.53. The molecule has 1 aliphatic heterocycles. The molecule has 0 aliphatic carbocycles. The number of hydrogen-bond acceptors (Lipinski definition) is 6. The van der Waals surface area contributed by atoms with E-state index in [1.54, 1.807) is 22.6 Å². The molecule has 1 unspecified atom stereocenters. The second-order valence-electron chi connectivity index (χ2n) is 8.73. The molecule has 3 heterocycles. The second-order valence-corrected chi connectivity index (χ2v) is 9.72. The number of ether oxygens (including phenoxy) is 1. The Kier molecular flexibility index (Phi) is 6.34. The summed E-state index contributed by atoms with van der Waals surface area (Å²) < 4.78 is 8.75. The number of aromatic nitrogens is 4. The lowest BCUT2D eigenvalue weighted by Crippen LogP contribution is -2.31. The molecule has 35 heavy (non-hydrogen) atoms. The molecule has 8 nitrogen and oxygen atoms in total. The largest absolute Gasteiger partial charge is 0.496 e. The van der Waals surface area contributed by atoms with Crippen molar-refractivity contribution in [1.82, 2.24) is 24.6 Å². The van der Waals surface area contributed by atoms with Crippen molar-refractivity contribution < 1.29 is 9.53 Å². The third-order valence-corrected chi connectivity index (χ3v) is 7.38. The molecular weight excluding hydrogens is 462 g/mol. The van der Waals surface area contributed by atoms with Crippen LogP contribution in [0.25, 0.3) is 16.7 Å². The van der Waals surface area contributed by atoms with E-state index in [1.807, 2.05) is 50.2 Å². The third kappa shape index (κ3) is 4.43. The van der Waals surface area contributed by atoms with E-state index in [0.717, 1.165) is 28.1 Å². The van der Waals surface area contributed by atoms with Crippen molar-refractivity contribution in [3.05, 3.63) is 75.7 Å². The topological polar surface area (TPSA) is 91.0 Å². The maximum Gasteiger partial charge on any atom is 0.265 e. The SMILES string of the molecule is COc1ccccc1CCNC(=O)CC1CSc2nc3c(cnn3-c3ccc(C)cc3C)c(=O)n21. The summed E-state index contributed by atoms with van der Waals surface area (Å²) in [5.41, 5.74) is 4.56. The minimum absolute atomic E-state index is 0.0867. The van der Waals surface area contributed by atoms with Gasteiger partial charge in [-0.25, -0.2) is 9.67 Å². The zero-order chi connectivity index (χ0) is 24.5. The molecule has 0 saturated heterocycles. The van der Waals surface area contributed by atoms with E-state index in [9.17, 15) is 9.59 Å². The zero-order valence-electron chi connectivity index (χ0n) is 19.9. The predicted molar refractivity (Wildman–Crippen MR) is 137 cm³/mol. The summed E-state index contributed by atoms with van der Waals surface area (Å²) in [6.45, 7) is 4.56. The number of nitrogens with one attached hydrogen (secondary N) is 1. The van der Waals surface area contributed by atoms with Gasteiger partial charge in [-0.2, -0.15) is 5.10 Å². The van der Waals surface area contributed by atoms with E-state index < -0.39 is 0 Å². The molecule has 180 valence electrons. The first-order valence-corrected chi connectivity index (χ1v) is 12.5. The Morgan fingerprint density at radius 2 is 2.06 bits per heavy atom. The smallest absolute Gasteiger partial charge is 0.265 e. The number of hydrogen-bond donors (Lipinski definition) is 1. The summed E-state index contributed by atoms with van der Waals surface area (Å²) in [7, 11) is 1.64. The fraction of sp³-hybridized carbons (Fsp3) is 0.308. The van der Waals surface area contributed by atoms with Crippen molar-refractivity contribution in [3.8, 4) is 11.4 Å². The van der Waals surface area contributed by atoms with Crippen LogP contribution in [0, 0.1) is 13.8 Å². The van der Waals surface area contributed by atoms with Gasteiger partial charge in [0.2, 0.25) is 5.91 Å². The van der Waals surface area contributed by atoms with Crippen molar-refractivity contribution in [2.75, 3.05) is 19.4 Å². The van der Waals surface area contributed by atoms with Crippen molar-refractivity contribution in [2.45, 2.75) is 37.9 Å². The monoisotopic (exact) mass is 489 g/mol. The molecule has 0 fully saturated rings. The first kappa shape index (κ1) is 23.2. The van der Waals surface area contributed by atoms with E-state index in [2.05, 4.69) is 16.5 Å². The second kappa shape index (κ2) is 9.58. The van der Waals surface area contributed by atoms with Crippen molar-refractivity contribution in [3.63, 3.8) is 0 Å². The molecule has 0 spiro atoms. The Morgan fingerprint density at radius 3 is 2.86 bits per heavy atom. The highest BCUT2D eigenvalue weighted by atomic mass is 32.2. The first-order chi connectivity index (χ1) is 17.0. The molecule has 1 aliphatic rings. The molecule has 1 N–H and O–H groups in total. The Balaban J connectivity index is 1.33. The highest BCUT2D eigenvalue weighted by molar-refractivity contribution is 7.99. The van der Waals surface area contributed by atoms with Crippen LogP contribution < -0.4 is 15.6 Å². The summed E-state index contributed by atoms with van der Waals surface area (Å²) in [6, 6.07) is 13.6. The highest BCUT2D eigenvalue weighted by Crippen LogP contribution is 2.33. The number of thioether (sulfide) groups is 1. The van der Waals surface area contributed by atoms with Gasteiger partial charge in [-0.3, -0.25) is 14.2 Å². The molecule has 0 bridgehead atoms. The molecule has 4 aromatic rings. The molecule has 2 aromatic heterocycles. The van der Waals surface area contributed by atoms with Crippen molar-refractivity contribution >= 4 is 28.7 Å². The number of benzene rings is 2. The Bertz CT molecular complexity index is 1480. The number of fused-ring (bicyclic) bond motifs is 2. The number of nitrogens with zero attached hydrogens (tertiary/aromatic N) is 4. The summed E-state index contributed by atoms with van der Waals surface area (Å²) >= 11 is 1.50. The van der Waals surface area contributed by atoms with Gasteiger partial charge in [0, 0.05) is 18.7 Å². The lowest BCUT2D eigenvalue weighted by atomic mass is 10.1. The number of aryl methyl sites for hydroxylation is 2. The number of para-hydroxylation sites is 1. The molecule has 1 atom stereocenters. The van der Waals surface area contributed by atoms with Crippen LogP contribution in [0.3, 0.4) is 0 Å².